The third-order valence-electron chi connectivity index (χ3n) is 2.21. The fraction of sp³-hybridized carbons (Fsp3) is 0.909. The Kier molecular flexibility index (Phi) is 7.29. The summed E-state index contributed by atoms with van der Waals surface area (Å²) in [6.07, 6.45) is 0. The molecule has 0 aliphatic carbocycles. The van der Waals surface area contributed by atoms with E-state index in [0.717, 1.165) is 0 Å². The Labute approximate surface area is 97.3 Å². The number of carboxylic acid groups (broad SMARTS) is 1. The van der Waals surface area contributed by atoms with Crippen molar-refractivity contribution < 1.29 is 19.4 Å². The molecule has 0 aromatic heterocycles. The summed E-state index contributed by atoms with van der Waals surface area (Å²) in [5, 5.41) is 8.79. The van der Waals surface area contributed by atoms with Gasteiger partial charge in [-0.2, -0.15) is 0 Å². The van der Waals surface area contributed by atoms with Gasteiger partial charge in [-0.15, -0.1) is 0 Å². The lowest BCUT2D eigenvalue weighted by Gasteiger charge is -2.34. The Morgan fingerprint density at radius 1 is 1.25 bits per heavy atom. The highest BCUT2D eigenvalue weighted by Crippen LogP contribution is 2.11. The van der Waals surface area contributed by atoms with Crippen LogP contribution in [0.3, 0.4) is 0 Å². The van der Waals surface area contributed by atoms with Gasteiger partial charge in [0.25, 0.3) is 0 Å². The van der Waals surface area contributed by atoms with Crippen molar-refractivity contribution in [2.24, 2.45) is 0 Å². The molecule has 0 aromatic carbocycles. The lowest BCUT2D eigenvalue weighted by molar-refractivity contribution is -0.140. The van der Waals surface area contributed by atoms with Gasteiger partial charge in [0.2, 0.25) is 0 Å². The highest BCUT2D eigenvalue weighted by atomic mass is 16.5. The van der Waals surface area contributed by atoms with E-state index in [1.165, 1.54) is 0 Å². The predicted octanol–water partition coefficient (Wildman–Crippen LogP) is 0.835. The van der Waals surface area contributed by atoms with Crippen LogP contribution in [0, 0.1) is 0 Å². The fourth-order valence-electron chi connectivity index (χ4n) is 1.23. The number of aliphatic carboxylic acids is 1. The van der Waals surface area contributed by atoms with Crippen LogP contribution in [0.15, 0.2) is 0 Å². The predicted molar refractivity (Wildman–Crippen MR) is 61.7 cm³/mol. The summed E-state index contributed by atoms with van der Waals surface area (Å²) in [5.74, 6) is -0.813. The SMILES string of the molecule is COCCOCCN(CC(=O)O)C(C)(C)C. The van der Waals surface area contributed by atoms with E-state index < -0.39 is 5.97 Å². The summed E-state index contributed by atoms with van der Waals surface area (Å²) >= 11 is 0. The molecule has 0 rings (SSSR count). The molecule has 16 heavy (non-hydrogen) atoms. The molecule has 5 heteroatoms. The third kappa shape index (κ3) is 7.62. The van der Waals surface area contributed by atoms with Crippen LogP contribution in [0.4, 0.5) is 0 Å². The fourth-order valence-corrected chi connectivity index (χ4v) is 1.23. The number of hydrogen-bond donors (Lipinski definition) is 1. The van der Waals surface area contributed by atoms with E-state index in [0.29, 0.717) is 26.4 Å². The first-order valence-corrected chi connectivity index (χ1v) is 5.41. The molecule has 0 saturated heterocycles. The number of ether oxygens (including phenoxy) is 2. The molecule has 96 valence electrons. The van der Waals surface area contributed by atoms with Crippen molar-refractivity contribution >= 4 is 5.97 Å². The molecule has 1 N–H and O–H groups in total. The second kappa shape index (κ2) is 7.60. The second-order valence-corrected chi connectivity index (χ2v) is 4.59. The summed E-state index contributed by atoms with van der Waals surface area (Å²) in [6.45, 7) is 8.25. The first-order chi connectivity index (χ1) is 7.38. The minimum Gasteiger partial charge on any atom is -0.480 e. The smallest absolute Gasteiger partial charge is 0.317 e. The van der Waals surface area contributed by atoms with Gasteiger partial charge in [0.1, 0.15) is 0 Å². The van der Waals surface area contributed by atoms with Crippen molar-refractivity contribution in [3.8, 4) is 0 Å². The summed E-state index contributed by atoms with van der Waals surface area (Å²) in [4.78, 5) is 12.6. The topological polar surface area (TPSA) is 59.0 Å². The molecule has 0 unspecified atom stereocenters. The second-order valence-electron chi connectivity index (χ2n) is 4.59. The van der Waals surface area contributed by atoms with E-state index in [4.69, 9.17) is 14.6 Å². The van der Waals surface area contributed by atoms with Gasteiger partial charge in [0.15, 0.2) is 0 Å². The van der Waals surface area contributed by atoms with Crippen LogP contribution < -0.4 is 0 Å². The number of rotatable bonds is 8. The number of carbonyl (C=O) groups is 1. The molecule has 5 nitrogen and oxygen atoms in total. The Morgan fingerprint density at radius 3 is 2.31 bits per heavy atom. The normalized spacial score (nSPS) is 12.1. The molecule has 0 radical (unpaired) electrons. The van der Waals surface area contributed by atoms with Crippen molar-refractivity contribution in [1.29, 1.82) is 0 Å². The van der Waals surface area contributed by atoms with E-state index in [-0.39, 0.29) is 12.1 Å². The molecule has 0 spiro atoms. The lowest BCUT2D eigenvalue weighted by Crippen LogP contribution is -2.46. The quantitative estimate of drug-likeness (QED) is 0.629. The van der Waals surface area contributed by atoms with Gasteiger partial charge in [-0.1, -0.05) is 0 Å². The van der Waals surface area contributed by atoms with Gasteiger partial charge in [0.05, 0.1) is 26.4 Å². The third-order valence-corrected chi connectivity index (χ3v) is 2.21. The molecule has 0 saturated carbocycles. The van der Waals surface area contributed by atoms with E-state index in [9.17, 15) is 4.79 Å². The van der Waals surface area contributed by atoms with Crippen molar-refractivity contribution in [2.75, 3.05) is 40.0 Å². The van der Waals surface area contributed by atoms with Crippen molar-refractivity contribution in [2.45, 2.75) is 26.3 Å². The lowest BCUT2D eigenvalue weighted by atomic mass is 10.1. The minimum atomic E-state index is -0.813. The highest BCUT2D eigenvalue weighted by molar-refractivity contribution is 5.69. The average Bonchev–Trinajstić information content (AvgIpc) is 2.13. The molecule has 0 amide bonds. The first kappa shape index (κ1) is 15.3. The summed E-state index contributed by atoms with van der Waals surface area (Å²) in [6, 6.07) is 0. The minimum absolute atomic E-state index is 0.0388. The van der Waals surface area contributed by atoms with Crippen LogP contribution in [0.25, 0.3) is 0 Å². The Hall–Kier alpha value is -0.650. The van der Waals surface area contributed by atoms with Gasteiger partial charge < -0.3 is 14.6 Å². The zero-order valence-corrected chi connectivity index (χ0v) is 10.7. The molecule has 0 aliphatic heterocycles. The van der Waals surface area contributed by atoms with Gasteiger partial charge in [0, 0.05) is 19.2 Å². The van der Waals surface area contributed by atoms with E-state index >= 15 is 0 Å². The summed E-state index contributed by atoms with van der Waals surface area (Å²) in [5.41, 5.74) is -0.164. The van der Waals surface area contributed by atoms with E-state index in [2.05, 4.69) is 0 Å². The van der Waals surface area contributed by atoms with E-state index in [1.807, 2.05) is 25.7 Å². The summed E-state index contributed by atoms with van der Waals surface area (Å²) in [7, 11) is 1.62. The molecule has 0 bridgehead atoms. The Balaban J connectivity index is 3.89. The van der Waals surface area contributed by atoms with Crippen LogP contribution in [-0.2, 0) is 14.3 Å². The molecular formula is C11H23NO4. The van der Waals surface area contributed by atoms with Crippen molar-refractivity contribution in [3.05, 3.63) is 0 Å². The molecular weight excluding hydrogens is 210 g/mol. The van der Waals surface area contributed by atoms with Crippen molar-refractivity contribution in [3.63, 3.8) is 0 Å². The van der Waals surface area contributed by atoms with Gasteiger partial charge in [-0.25, -0.2) is 0 Å². The van der Waals surface area contributed by atoms with Gasteiger partial charge in [-0.3, -0.25) is 9.69 Å². The largest absolute Gasteiger partial charge is 0.480 e. The Morgan fingerprint density at radius 2 is 1.88 bits per heavy atom. The number of carboxylic acids is 1. The molecule has 0 fully saturated rings. The maximum absolute atomic E-state index is 10.7. The molecule has 0 atom stereocenters. The monoisotopic (exact) mass is 233 g/mol. The van der Waals surface area contributed by atoms with Crippen LogP contribution in [0.5, 0.6) is 0 Å². The zero-order chi connectivity index (χ0) is 12.6. The number of methoxy groups -OCH3 is 1. The average molecular weight is 233 g/mol. The van der Waals surface area contributed by atoms with Crippen LogP contribution in [-0.4, -0.2) is 61.5 Å². The van der Waals surface area contributed by atoms with Crippen molar-refractivity contribution in [1.82, 2.24) is 4.90 Å². The van der Waals surface area contributed by atoms with Crippen LogP contribution in [0.1, 0.15) is 20.8 Å². The number of hydrogen-bond acceptors (Lipinski definition) is 4. The van der Waals surface area contributed by atoms with Crippen LogP contribution >= 0.6 is 0 Å². The molecule has 0 aromatic rings. The van der Waals surface area contributed by atoms with Gasteiger partial charge in [-0.05, 0) is 20.8 Å². The molecule has 0 aliphatic rings. The van der Waals surface area contributed by atoms with E-state index in [1.54, 1.807) is 7.11 Å². The maximum Gasteiger partial charge on any atom is 0.317 e. The molecule has 0 heterocycles. The standard InChI is InChI=1S/C11H23NO4/c1-11(2,3)12(9-10(13)14)5-6-16-8-7-15-4/h5-9H2,1-4H3,(H,13,14). The van der Waals surface area contributed by atoms with Gasteiger partial charge >= 0.3 is 5.97 Å². The highest BCUT2D eigenvalue weighted by Gasteiger charge is 2.22. The maximum atomic E-state index is 10.7. The Bertz CT molecular complexity index is 201. The first-order valence-electron chi connectivity index (χ1n) is 5.41. The zero-order valence-electron chi connectivity index (χ0n) is 10.7. The number of nitrogens with zero attached hydrogens (tertiary/aromatic N) is 1. The summed E-state index contributed by atoms with van der Waals surface area (Å²) < 4.78 is 10.2. The van der Waals surface area contributed by atoms with Crippen LogP contribution in [0.2, 0.25) is 0 Å².